The number of hydrogen-bond acceptors (Lipinski definition) is 5. The van der Waals surface area contributed by atoms with E-state index < -0.39 is 11.6 Å². The van der Waals surface area contributed by atoms with Crippen LogP contribution >= 0.6 is 11.6 Å². The highest BCUT2D eigenvalue weighted by Crippen LogP contribution is 2.33. The molecule has 2 aromatic carbocycles. The van der Waals surface area contributed by atoms with Crippen molar-refractivity contribution in [1.29, 1.82) is 0 Å². The molecule has 178 valence electrons. The van der Waals surface area contributed by atoms with Crippen LogP contribution in [0.5, 0.6) is 11.5 Å². The number of methoxy groups -OCH3 is 2. The Labute approximate surface area is 199 Å². The van der Waals surface area contributed by atoms with Gasteiger partial charge in [0, 0.05) is 24.7 Å². The quantitative estimate of drug-likeness (QED) is 0.193. The highest BCUT2D eigenvalue weighted by atomic mass is 35.5. The summed E-state index contributed by atoms with van der Waals surface area (Å²) in [6.45, 7) is 7.52. The number of halogens is 2. The van der Waals surface area contributed by atoms with Crippen molar-refractivity contribution >= 4 is 23.2 Å². The van der Waals surface area contributed by atoms with E-state index in [4.69, 9.17) is 21.1 Å². The van der Waals surface area contributed by atoms with Crippen LogP contribution in [0, 0.1) is 11.7 Å². The summed E-state index contributed by atoms with van der Waals surface area (Å²) in [6.07, 6.45) is 2.47. The van der Waals surface area contributed by atoms with Crippen molar-refractivity contribution in [3.63, 3.8) is 0 Å². The minimum Gasteiger partial charge on any atom is -0.496 e. The van der Waals surface area contributed by atoms with Crippen molar-refractivity contribution in [2.45, 2.75) is 46.6 Å². The summed E-state index contributed by atoms with van der Waals surface area (Å²) in [5, 5.41) is 3.21. The molecule has 2 rings (SSSR count). The van der Waals surface area contributed by atoms with E-state index in [2.05, 4.69) is 19.2 Å². The topological polar surface area (TPSA) is 64.6 Å². The molecular formula is C26H31ClFNO4. The van der Waals surface area contributed by atoms with E-state index in [1.165, 1.54) is 33.4 Å². The van der Waals surface area contributed by atoms with Crippen LogP contribution < -0.4 is 14.8 Å². The van der Waals surface area contributed by atoms with Gasteiger partial charge in [-0.2, -0.15) is 0 Å². The van der Waals surface area contributed by atoms with Gasteiger partial charge in [-0.3, -0.25) is 9.59 Å². The number of Topliss-reactive ketones (excluding diaryl/α,β-unsaturated/α-hetero) is 2. The van der Waals surface area contributed by atoms with Crippen LogP contribution in [0.25, 0.3) is 0 Å². The smallest absolute Gasteiger partial charge is 0.201 e. The summed E-state index contributed by atoms with van der Waals surface area (Å²) in [6, 6.07) is 8.01. The number of carbonyl (C=O) groups is 2. The van der Waals surface area contributed by atoms with Crippen LogP contribution in [0.3, 0.4) is 0 Å². The molecule has 0 aliphatic carbocycles. The summed E-state index contributed by atoms with van der Waals surface area (Å²) >= 11 is 5.92. The lowest BCUT2D eigenvalue weighted by atomic mass is 9.95. The van der Waals surface area contributed by atoms with Gasteiger partial charge >= 0.3 is 0 Å². The number of nitrogens with one attached hydrogen (secondary N) is 1. The van der Waals surface area contributed by atoms with E-state index in [1.807, 2.05) is 6.92 Å². The zero-order valence-corrected chi connectivity index (χ0v) is 20.7. The molecule has 0 heterocycles. The molecule has 0 saturated carbocycles. The Morgan fingerprint density at radius 2 is 1.79 bits per heavy atom. The van der Waals surface area contributed by atoms with E-state index in [0.29, 0.717) is 22.8 Å². The van der Waals surface area contributed by atoms with E-state index in [1.54, 1.807) is 24.3 Å². The van der Waals surface area contributed by atoms with E-state index in [9.17, 15) is 14.0 Å². The maximum Gasteiger partial charge on any atom is 0.201 e. The molecule has 2 aromatic rings. The fraction of sp³-hybridized carbons (Fsp3) is 0.385. The third-order valence-corrected chi connectivity index (χ3v) is 5.86. The SMILES string of the molecule is CC[C@@H](NC=C(C(C)=O)C(=O)c1cc(Cc2cccc(Cl)c2F)c(OC)cc1OC)C(C)C. The second-order valence-electron chi connectivity index (χ2n) is 8.12. The van der Waals surface area contributed by atoms with Gasteiger partial charge in [0.2, 0.25) is 5.78 Å². The van der Waals surface area contributed by atoms with Gasteiger partial charge in [-0.1, -0.05) is 44.5 Å². The zero-order valence-electron chi connectivity index (χ0n) is 19.9. The third-order valence-electron chi connectivity index (χ3n) is 5.57. The summed E-state index contributed by atoms with van der Waals surface area (Å²) in [4.78, 5) is 25.8. The van der Waals surface area contributed by atoms with Gasteiger partial charge in [-0.15, -0.1) is 0 Å². The van der Waals surface area contributed by atoms with Crippen molar-refractivity contribution in [2.24, 2.45) is 5.92 Å². The molecule has 0 aliphatic rings. The molecule has 1 atom stereocenters. The van der Waals surface area contributed by atoms with Gasteiger partial charge < -0.3 is 14.8 Å². The lowest BCUT2D eigenvalue weighted by molar-refractivity contribution is -0.113. The van der Waals surface area contributed by atoms with Crippen molar-refractivity contribution in [3.8, 4) is 11.5 Å². The Morgan fingerprint density at radius 3 is 2.33 bits per heavy atom. The minimum absolute atomic E-state index is 0.0115. The van der Waals surface area contributed by atoms with Crippen LogP contribution in [0.4, 0.5) is 4.39 Å². The van der Waals surface area contributed by atoms with Crippen molar-refractivity contribution in [2.75, 3.05) is 14.2 Å². The average molecular weight is 476 g/mol. The number of hydrogen-bond donors (Lipinski definition) is 1. The maximum absolute atomic E-state index is 14.5. The van der Waals surface area contributed by atoms with Gasteiger partial charge in [0.1, 0.15) is 17.3 Å². The molecule has 0 unspecified atom stereocenters. The van der Waals surface area contributed by atoms with Crippen LogP contribution in [0.15, 0.2) is 42.1 Å². The summed E-state index contributed by atoms with van der Waals surface area (Å²) in [5.41, 5.74) is 1.12. The number of rotatable bonds is 11. The predicted octanol–water partition coefficient (Wildman–Crippen LogP) is 5.77. The fourth-order valence-corrected chi connectivity index (χ4v) is 3.81. The largest absolute Gasteiger partial charge is 0.496 e. The molecule has 0 aromatic heterocycles. The summed E-state index contributed by atoms with van der Waals surface area (Å²) in [7, 11) is 2.92. The molecule has 5 nitrogen and oxygen atoms in total. The molecule has 0 fully saturated rings. The Hall–Kier alpha value is -2.86. The van der Waals surface area contributed by atoms with Gasteiger partial charge in [0.05, 0.1) is 30.4 Å². The molecular weight excluding hydrogens is 445 g/mol. The lowest BCUT2D eigenvalue weighted by Gasteiger charge is -2.20. The first-order chi connectivity index (χ1) is 15.6. The number of allylic oxidation sites excluding steroid dienone is 1. The number of ketones is 2. The van der Waals surface area contributed by atoms with Crippen molar-refractivity contribution in [1.82, 2.24) is 5.32 Å². The zero-order chi connectivity index (χ0) is 24.7. The van der Waals surface area contributed by atoms with Crippen LogP contribution in [-0.2, 0) is 11.2 Å². The average Bonchev–Trinajstić information content (AvgIpc) is 2.78. The second kappa shape index (κ2) is 11.8. The summed E-state index contributed by atoms with van der Waals surface area (Å²) < 4.78 is 25.4. The first-order valence-corrected chi connectivity index (χ1v) is 11.2. The number of carbonyl (C=O) groups excluding carboxylic acids is 2. The van der Waals surface area contributed by atoms with E-state index >= 15 is 0 Å². The lowest BCUT2D eigenvalue weighted by Crippen LogP contribution is -2.30. The Kier molecular flexibility index (Phi) is 9.47. The van der Waals surface area contributed by atoms with Gasteiger partial charge in [-0.25, -0.2) is 4.39 Å². The highest BCUT2D eigenvalue weighted by Gasteiger charge is 2.24. The van der Waals surface area contributed by atoms with Crippen molar-refractivity contribution in [3.05, 3.63) is 69.6 Å². The summed E-state index contributed by atoms with van der Waals surface area (Å²) in [5.74, 6) is -0.371. The highest BCUT2D eigenvalue weighted by molar-refractivity contribution is 6.30. The van der Waals surface area contributed by atoms with Crippen LogP contribution in [-0.4, -0.2) is 31.8 Å². The van der Waals surface area contributed by atoms with Gasteiger partial charge in [-0.05, 0) is 42.5 Å². The van der Waals surface area contributed by atoms with Crippen LogP contribution in [0.2, 0.25) is 5.02 Å². The van der Waals surface area contributed by atoms with Gasteiger partial charge in [0.15, 0.2) is 5.78 Å². The minimum atomic E-state index is -0.530. The first-order valence-electron chi connectivity index (χ1n) is 10.8. The molecule has 1 N–H and O–H groups in total. The van der Waals surface area contributed by atoms with E-state index in [0.717, 1.165) is 6.42 Å². The Balaban J connectivity index is 2.54. The Bertz CT molecular complexity index is 1050. The normalized spacial score (nSPS) is 12.5. The molecule has 0 spiro atoms. The second-order valence-corrected chi connectivity index (χ2v) is 8.53. The van der Waals surface area contributed by atoms with Crippen molar-refractivity contribution < 1.29 is 23.5 Å². The van der Waals surface area contributed by atoms with Gasteiger partial charge in [0.25, 0.3) is 0 Å². The molecule has 0 saturated heterocycles. The maximum atomic E-state index is 14.5. The monoisotopic (exact) mass is 475 g/mol. The van der Waals surface area contributed by atoms with Crippen LogP contribution in [0.1, 0.15) is 55.6 Å². The molecule has 0 radical (unpaired) electrons. The third kappa shape index (κ3) is 6.35. The van der Waals surface area contributed by atoms with E-state index in [-0.39, 0.29) is 40.2 Å². The number of ether oxygens (including phenoxy) is 2. The molecule has 0 aliphatic heterocycles. The molecule has 0 bridgehead atoms. The molecule has 7 heteroatoms. The Morgan fingerprint density at radius 1 is 1.12 bits per heavy atom. The molecule has 0 amide bonds. The first kappa shape index (κ1) is 26.4. The molecule has 33 heavy (non-hydrogen) atoms. The number of benzene rings is 2. The fourth-order valence-electron chi connectivity index (χ4n) is 3.61. The predicted molar refractivity (Wildman–Crippen MR) is 129 cm³/mol. The standard InChI is InChI=1S/C26H31ClFNO4/c1-7-22(15(2)3)29-14-20(16(4)30)26(31)19-12-18(23(32-5)13-24(19)33-6)11-17-9-8-10-21(27)25(17)28/h8-10,12-15,22,29H,7,11H2,1-6H3/t22-/m1/s1.